The highest BCUT2D eigenvalue weighted by atomic mass is 79.9. The Labute approximate surface area is 201 Å². The van der Waals surface area contributed by atoms with E-state index in [1.54, 1.807) is 25.3 Å². The van der Waals surface area contributed by atoms with Gasteiger partial charge in [0.25, 0.3) is 11.8 Å². The van der Waals surface area contributed by atoms with Gasteiger partial charge in [0.2, 0.25) is 0 Å². The van der Waals surface area contributed by atoms with Gasteiger partial charge in [0.15, 0.2) is 11.7 Å². The Balaban J connectivity index is 1.79. The molecule has 0 unspecified atom stereocenters. The second-order valence-corrected chi connectivity index (χ2v) is 8.19. The van der Waals surface area contributed by atoms with Crippen LogP contribution in [0, 0.1) is 0 Å². The number of nitrogens with one attached hydrogen (secondary N) is 3. The molecule has 0 radical (unpaired) electrons. The lowest BCUT2D eigenvalue weighted by Gasteiger charge is -2.14. The molecular formula is C22H26BrN3O5S. The molecule has 2 amide bonds. The number of halogens is 1. The number of para-hydroxylation sites is 1. The van der Waals surface area contributed by atoms with Gasteiger partial charge in [-0.2, -0.15) is 0 Å². The van der Waals surface area contributed by atoms with Gasteiger partial charge in [0, 0.05) is 12.7 Å². The molecule has 0 spiro atoms. The zero-order valence-corrected chi connectivity index (χ0v) is 20.5. The Hall–Kier alpha value is -2.69. The molecule has 10 heteroatoms. The second kappa shape index (κ2) is 13.0. The van der Waals surface area contributed by atoms with Crippen LogP contribution in [0.25, 0.3) is 0 Å². The predicted octanol–water partition coefficient (Wildman–Crippen LogP) is 3.31. The molecule has 0 aliphatic rings. The monoisotopic (exact) mass is 523 g/mol. The van der Waals surface area contributed by atoms with Gasteiger partial charge in [-0.3, -0.25) is 25.8 Å². The summed E-state index contributed by atoms with van der Waals surface area (Å²) in [6.07, 6.45) is 0. The third kappa shape index (κ3) is 8.10. The first-order valence-corrected chi connectivity index (χ1v) is 11.0. The van der Waals surface area contributed by atoms with Crippen molar-refractivity contribution < 1.29 is 23.8 Å². The molecule has 0 aliphatic heterocycles. The Bertz CT molecular complexity index is 955. The Morgan fingerprint density at radius 2 is 1.78 bits per heavy atom. The molecule has 0 aromatic heterocycles. The smallest absolute Gasteiger partial charge is 0.276 e. The van der Waals surface area contributed by atoms with E-state index in [0.717, 1.165) is 5.56 Å². The van der Waals surface area contributed by atoms with Crippen molar-refractivity contribution in [3.05, 3.63) is 58.1 Å². The number of ether oxygens (including phenoxy) is 3. The van der Waals surface area contributed by atoms with E-state index in [4.69, 9.17) is 26.4 Å². The Morgan fingerprint density at radius 3 is 2.47 bits per heavy atom. The van der Waals surface area contributed by atoms with Crippen molar-refractivity contribution in [3.8, 4) is 11.5 Å². The summed E-state index contributed by atoms with van der Waals surface area (Å²) in [6, 6.07) is 12.4. The zero-order chi connectivity index (χ0) is 23.5. The summed E-state index contributed by atoms with van der Waals surface area (Å²) < 4.78 is 16.7. The minimum Gasteiger partial charge on any atom is -0.490 e. The highest BCUT2D eigenvalue weighted by Gasteiger charge is 2.12. The number of benzene rings is 2. The summed E-state index contributed by atoms with van der Waals surface area (Å²) in [5, 5.41) is 2.44. The van der Waals surface area contributed by atoms with E-state index in [1.807, 2.05) is 38.1 Å². The van der Waals surface area contributed by atoms with Crippen LogP contribution in [-0.4, -0.2) is 43.9 Å². The van der Waals surface area contributed by atoms with Crippen molar-refractivity contribution in [2.24, 2.45) is 0 Å². The average Bonchev–Trinajstić information content (AvgIpc) is 2.77. The lowest BCUT2D eigenvalue weighted by molar-refractivity contribution is -0.123. The lowest BCUT2D eigenvalue weighted by Crippen LogP contribution is -2.49. The lowest BCUT2D eigenvalue weighted by atomic mass is 10.0. The molecule has 0 saturated heterocycles. The summed E-state index contributed by atoms with van der Waals surface area (Å²) in [7, 11) is 1.59. The highest BCUT2D eigenvalue weighted by Crippen LogP contribution is 2.26. The minimum absolute atomic E-state index is 0.0533. The molecule has 0 bridgehead atoms. The summed E-state index contributed by atoms with van der Waals surface area (Å²) in [6.45, 7) is 4.73. The van der Waals surface area contributed by atoms with Crippen LogP contribution in [-0.2, 0) is 9.53 Å². The molecule has 3 N–H and O–H groups in total. The number of amides is 2. The fraction of sp³-hybridized carbons (Fsp3) is 0.318. The van der Waals surface area contributed by atoms with Crippen molar-refractivity contribution in [1.29, 1.82) is 0 Å². The van der Waals surface area contributed by atoms with E-state index in [1.165, 1.54) is 0 Å². The van der Waals surface area contributed by atoms with E-state index in [-0.39, 0.29) is 17.6 Å². The van der Waals surface area contributed by atoms with Crippen molar-refractivity contribution in [1.82, 2.24) is 16.2 Å². The number of hydrogen-bond donors (Lipinski definition) is 3. The largest absolute Gasteiger partial charge is 0.490 e. The van der Waals surface area contributed by atoms with Gasteiger partial charge in [-0.1, -0.05) is 32.0 Å². The molecular weight excluding hydrogens is 498 g/mol. The van der Waals surface area contributed by atoms with Gasteiger partial charge < -0.3 is 14.2 Å². The van der Waals surface area contributed by atoms with Gasteiger partial charge in [-0.05, 0) is 63.9 Å². The molecule has 32 heavy (non-hydrogen) atoms. The van der Waals surface area contributed by atoms with Gasteiger partial charge >= 0.3 is 0 Å². The number of thiocarbonyl (C=S) groups is 1. The molecule has 0 fully saturated rings. The molecule has 8 nitrogen and oxygen atoms in total. The topological polar surface area (TPSA) is 97.9 Å². The van der Waals surface area contributed by atoms with Crippen LogP contribution in [0.15, 0.2) is 46.9 Å². The molecule has 0 heterocycles. The van der Waals surface area contributed by atoms with E-state index < -0.39 is 11.8 Å². The minimum atomic E-state index is -0.444. The summed E-state index contributed by atoms with van der Waals surface area (Å²) in [5.74, 6) is 0.615. The normalized spacial score (nSPS) is 10.4. The maximum atomic E-state index is 12.4. The molecule has 0 aliphatic carbocycles. The fourth-order valence-corrected chi connectivity index (χ4v) is 3.23. The van der Waals surface area contributed by atoms with Crippen molar-refractivity contribution in [2.45, 2.75) is 19.8 Å². The van der Waals surface area contributed by atoms with E-state index in [2.05, 4.69) is 32.1 Å². The van der Waals surface area contributed by atoms with E-state index in [0.29, 0.717) is 34.7 Å². The highest BCUT2D eigenvalue weighted by molar-refractivity contribution is 9.10. The van der Waals surface area contributed by atoms with Gasteiger partial charge in [0.1, 0.15) is 18.1 Å². The standard InChI is InChI=1S/C22H26BrN3O5S/c1-14(2)16-6-4-5-7-18(16)31-13-20(27)25-26-22(32)24-21(28)15-8-9-19(17(23)12-15)30-11-10-29-3/h4-9,12,14H,10-11,13H2,1-3H3,(H,25,27)(H2,24,26,28,32). The van der Waals surface area contributed by atoms with Gasteiger partial charge in [-0.15, -0.1) is 0 Å². The number of methoxy groups -OCH3 is 1. The maximum Gasteiger partial charge on any atom is 0.276 e. The number of hydrogen-bond acceptors (Lipinski definition) is 6. The quantitative estimate of drug-likeness (QED) is 0.263. The fourth-order valence-electron chi connectivity index (χ4n) is 2.60. The molecule has 172 valence electrons. The van der Waals surface area contributed by atoms with Crippen LogP contribution >= 0.6 is 28.1 Å². The zero-order valence-electron chi connectivity index (χ0n) is 18.1. The van der Waals surface area contributed by atoms with Crippen molar-refractivity contribution in [3.63, 3.8) is 0 Å². The van der Waals surface area contributed by atoms with Crippen molar-refractivity contribution in [2.75, 3.05) is 26.9 Å². The SMILES string of the molecule is COCCOc1ccc(C(=O)NC(=S)NNC(=O)COc2ccccc2C(C)C)cc1Br. The average molecular weight is 524 g/mol. The molecule has 2 rings (SSSR count). The van der Waals surface area contributed by atoms with Crippen LogP contribution in [0.3, 0.4) is 0 Å². The molecule has 0 saturated carbocycles. The molecule has 2 aromatic rings. The summed E-state index contributed by atoms with van der Waals surface area (Å²) in [5.41, 5.74) is 6.26. The van der Waals surface area contributed by atoms with Crippen LogP contribution in [0.1, 0.15) is 35.7 Å². The first-order valence-electron chi connectivity index (χ1n) is 9.85. The van der Waals surface area contributed by atoms with Crippen molar-refractivity contribution >= 4 is 45.1 Å². The molecule has 2 aromatic carbocycles. The van der Waals surface area contributed by atoms with E-state index >= 15 is 0 Å². The predicted molar refractivity (Wildman–Crippen MR) is 129 cm³/mol. The third-order valence-corrected chi connectivity index (χ3v) is 5.01. The van der Waals surface area contributed by atoms with E-state index in [9.17, 15) is 9.59 Å². The summed E-state index contributed by atoms with van der Waals surface area (Å²) >= 11 is 8.43. The maximum absolute atomic E-state index is 12.4. The third-order valence-electron chi connectivity index (χ3n) is 4.18. The Kier molecular flexibility index (Phi) is 10.4. The van der Waals surface area contributed by atoms with Crippen LogP contribution in [0.2, 0.25) is 0 Å². The Morgan fingerprint density at radius 1 is 1.03 bits per heavy atom. The first-order chi connectivity index (χ1) is 15.3. The van der Waals surface area contributed by atoms with Crippen LogP contribution < -0.4 is 25.6 Å². The molecule has 0 atom stereocenters. The van der Waals surface area contributed by atoms with Crippen LogP contribution in [0.5, 0.6) is 11.5 Å². The number of carbonyl (C=O) groups excluding carboxylic acids is 2. The van der Waals surface area contributed by atoms with Gasteiger partial charge in [0.05, 0.1) is 11.1 Å². The number of hydrazine groups is 1. The summed E-state index contributed by atoms with van der Waals surface area (Å²) in [4.78, 5) is 24.4. The van der Waals surface area contributed by atoms with Crippen LogP contribution in [0.4, 0.5) is 0 Å². The van der Waals surface area contributed by atoms with Gasteiger partial charge in [-0.25, -0.2) is 0 Å². The first kappa shape index (κ1) is 25.6. The number of carbonyl (C=O) groups is 2. The second-order valence-electron chi connectivity index (χ2n) is 6.92. The number of rotatable bonds is 9.